The number of benzene rings is 2. The van der Waals surface area contributed by atoms with Gasteiger partial charge in [-0.25, -0.2) is 12.8 Å². The Labute approximate surface area is 127 Å². The van der Waals surface area contributed by atoms with Crippen molar-refractivity contribution in [3.63, 3.8) is 0 Å². The van der Waals surface area contributed by atoms with Gasteiger partial charge in [0.2, 0.25) is 0 Å². The van der Waals surface area contributed by atoms with Crippen LogP contribution in [0.15, 0.2) is 41.3 Å². The number of hydrogen-bond acceptors (Lipinski definition) is 3. The summed E-state index contributed by atoms with van der Waals surface area (Å²) in [5, 5.41) is 9.07. The molecule has 7 heteroatoms. The number of para-hydroxylation sites is 1. The number of rotatable bonds is 4. The van der Waals surface area contributed by atoms with E-state index in [0.717, 1.165) is 6.07 Å². The van der Waals surface area contributed by atoms with Gasteiger partial charge in [0.15, 0.2) is 0 Å². The van der Waals surface area contributed by atoms with Gasteiger partial charge in [0.1, 0.15) is 11.5 Å². The predicted octanol–water partition coefficient (Wildman–Crippen LogP) is 3.08. The van der Waals surface area contributed by atoms with Gasteiger partial charge in [0.05, 0.1) is 16.5 Å². The van der Waals surface area contributed by atoms with E-state index in [0.29, 0.717) is 11.1 Å². The van der Waals surface area contributed by atoms with Crippen LogP contribution in [0.2, 0.25) is 5.02 Å². The van der Waals surface area contributed by atoms with Gasteiger partial charge in [-0.3, -0.25) is 4.72 Å². The Hall–Kier alpha value is -1.63. The Kier molecular flexibility index (Phi) is 4.51. The van der Waals surface area contributed by atoms with Crippen LogP contribution in [0.1, 0.15) is 11.1 Å². The minimum Gasteiger partial charge on any atom is -0.392 e. The van der Waals surface area contributed by atoms with Crippen LogP contribution in [-0.2, 0) is 16.6 Å². The Balaban J connectivity index is 2.48. The van der Waals surface area contributed by atoms with E-state index in [1.165, 1.54) is 18.2 Å². The summed E-state index contributed by atoms with van der Waals surface area (Å²) in [5.41, 5.74) is 0.626. The van der Waals surface area contributed by atoms with Crippen molar-refractivity contribution in [3.8, 4) is 0 Å². The molecule has 0 radical (unpaired) electrons. The summed E-state index contributed by atoms with van der Waals surface area (Å²) in [5.74, 6) is -0.762. The maximum atomic E-state index is 13.7. The fourth-order valence-electron chi connectivity index (χ4n) is 1.82. The first-order chi connectivity index (χ1) is 9.85. The summed E-state index contributed by atoms with van der Waals surface area (Å²) in [6.07, 6.45) is 0. The maximum absolute atomic E-state index is 13.7. The van der Waals surface area contributed by atoms with E-state index in [2.05, 4.69) is 4.72 Å². The molecular formula is C14H13ClFNO3S. The normalized spacial score (nSPS) is 11.4. The quantitative estimate of drug-likeness (QED) is 0.906. The summed E-state index contributed by atoms with van der Waals surface area (Å²) in [7, 11) is -4.01. The monoisotopic (exact) mass is 329 g/mol. The molecule has 21 heavy (non-hydrogen) atoms. The minimum absolute atomic E-state index is 0.0328. The van der Waals surface area contributed by atoms with Crippen LogP contribution >= 0.6 is 11.6 Å². The number of anilines is 1. The largest absolute Gasteiger partial charge is 0.392 e. The molecule has 2 N–H and O–H groups in total. The van der Waals surface area contributed by atoms with Crippen molar-refractivity contribution >= 4 is 27.3 Å². The second-order valence-corrected chi connectivity index (χ2v) is 6.52. The van der Waals surface area contributed by atoms with Crippen LogP contribution in [0.3, 0.4) is 0 Å². The molecule has 112 valence electrons. The van der Waals surface area contributed by atoms with E-state index >= 15 is 0 Å². The van der Waals surface area contributed by atoms with Gasteiger partial charge in [-0.2, -0.15) is 0 Å². The smallest absolute Gasteiger partial charge is 0.262 e. The Morgan fingerprint density at radius 3 is 2.62 bits per heavy atom. The molecule has 0 amide bonds. The van der Waals surface area contributed by atoms with E-state index in [-0.39, 0.29) is 22.2 Å². The lowest BCUT2D eigenvalue weighted by Gasteiger charge is -2.13. The van der Waals surface area contributed by atoms with Crippen molar-refractivity contribution in [2.24, 2.45) is 0 Å². The molecule has 0 unspecified atom stereocenters. The number of aliphatic hydroxyl groups is 1. The van der Waals surface area contributed by atoms with Crippen LogP contribution in [0.4, 0.5) is 10.1 Å². The fraction of sp³-hybridized carbons (Fsp3) is 0.143. The summed E-state index contributed by atoms with van der Waals surface area (Å²) in [4.78, 5) is -0.0339. The first kappa shape index (κ1) is 15.8. The lowest BCUT2D eigenvalue weighted by Crippen LogP contribution is -2.16. The van der Waals surface area contributed by atoms with Crippen molar-refractivity contribution in [1.29, 1.82) is 0 Å². The van der Waals surface area contributed by atoms with Crippen molar-refractivity contribution in [2.75, 3.05) is 4.72 Å². The van der Waals surface area contributed by atoms with Gasteiger partial charge in [0.25, 0.3) is 10.0 Å². The van der Waals surface area contributed by atoms with Crippen LogP contribution < -0.4 is 4.72 Å². The summed E-state index contributed by atoms with van der Waals surface area (Å²) in [6.45, 7) is 1.32. The number of hydrogen-bond donors (Lipinski definition) is 2. The zero-order valence-corrected chi connectivity index (χ0v) is 12.7. The van der Waals surface area contributed by atoms with Crippen molar-refractivity contribution in [2.45, 2.75) is 18.4 Å². The van der Waals surface area contributed by atoms with E-state index in [1.54, 1.807) is 19.1 Å². The number of sulfonamides is 1. The van der Waals surface area contributed by atoms with E-state index in [4.69, 9.17) is 16.7 Å². The molecular weight excluding hydrogens is 317 g/mol. The minimum atomic E-state index is -4.01. The van der Waals surface area contributed by atoms with Crippen molar-refractivity contribution in [1.82, 2.24) is 0 Å². The Morgan fingerprint density at radius 1 is 1.29 bits per heavy atom. The van der Waals surface area contributed by atoms with Crippen LogP contribution in [0.25, 0.3) is 0 Å². The lowest BCUT2D eigenvalue weighted by atomic mass is 10.2. The topological polar surface area (TPSA) is 66.4 Å². The second kappa shape index (κ2) is 6.01. The third kappa shape index (κ3) is 3.34. The fourth-order valence-corrected chi connectivity index (χ4v) is 3.47. The molecule has 0 aliphatic heterocycles. The third-order valence-corrected chi connectivity index (χ3v) is 4.73. The van der Waals surface area contributed by atoms with Crippen molar-refractivity contribution < 1.29 is 17.9 Å². The second-order valence-electron chi connectivity index (χ2n) is 4.46. The number of aliphatic hydroxyl groups excluding tert-OH is 1. The van der Waals surface area contributed by atoms with E-state index < -0.39 is 15.8 Å². The van der Waals surface area contributed by atoms with Crippen molar-refractivity contribution in [3.05, 3.63) is 58.4 Å². The van der Waals surface area contributed by atoms with E-state index in [1.807, 2.05) is 0 Å². The average Bonchev–Trinajstić information content (AvgIpc) is 2.43. The molecule has 0 atom stereocenters. The lowest BCUT2D eigenvalue weighted by molar-refractivity contribution is 0.281. The maximum Gasteiger partial charge on any atom is 0.262 e. The molecule has 2 aromatic rings. The zero-order valence-electron chi connectivity index (χ0n) is 11.1. The summed E-state index contributed by atoms with van der Waals surface area (Å²) < 4.78 is 40.6. The molecule has 0 spiro atoms. The highest BCUT2D eigenvalue weighted by atomic mass is 35.5. The van der Waals surface area contributed by atoms with Crippen LogP contribution in [0, 0.1) is 12.7 Å². The first-order valence-corrected chi connectivity index (χ1v) is 7.88. The van der Waals surface area contributed by atoms with E-state index in [9.17, 15) is 12.8 Å². The Bertz CT molecular complexity index is 758. The summed E-state index contributed by atoms with van der Waals surface area (Å²) >= 11 is 5.81. The number of nitrogens with one attached hydrogen (secondary N) is 1. The molecule has 4 nitrogen and oxygen atoms in total. The standard InChI is InChI=1S/C14H13ClFNO3S/c1-9-5-6-10(8-18)7-13(9)21(19,20)17-14-11(15)3-2-4-12(14)16/h2-7,17-18H,8H2,1H3. The predicted molar refractivity (Wildman–Crippen MR) is 79.3 cm³/mol. The van der Waals surface area contributed by atoms with Gasteiger partial charge < -0.3 is 5.11 Å². The van der Waals surface area contributed by atoms with Gasteiger partial charge >= 0.3 is 0 Å². The van der Waals surface area contributed by atoms with Gasteiger partial charge in [-0.05, 0) is 36.2 Å². The molecule has 0 fully saturated rings. The highest BCUT2D eigenvalue weighted by Crippen LogP contribution is 2.28. The molecule has 0 saturated carbocycles. The third-order valence-electron chi connectivity index (χ3n) is 2.92. The van der Waals surface area contributed by atoms with Gasteiger partial charge in [0, 0.05) is 0 Å². The highest BCUT2D eigenvalue weighted by Gasteiger charge is 2.20. The number of halogens is 2. The molecule has 0 aliphatic rings. The molecule has 0 heterocycles. The Morgan fingerprint density at radius 2 is 2.00 bits per heavy atom. The molecule has 0 bridgehead atoms. The summed E-state index contributed by atoms with van der Waals surface area (Å²) in [6, 6.07) is 8.41. The molecule has 2 aromatic carbocycles. The SMILES string of the molecule is Cc1ccc(CO)cc1S(=O)(=O)Nc1c(F)cccc1Cl. The molecule has 0 aromatic heterocycles. The van der Waals surface area contributed by atoms with Gasteiger partial charge in [-0.15, -0.1) is 0 Å². The average molecular weight is 330 g/mol. The molecule has 0 aliphatic carbocycles. The first-order valence-electron chi connectivity index (χ1n) is 6.02. The molecule has 0 saturated heterocycles. The zero-order chi connectivity index (χ0) is 15.6. The van der Waals surface area contributed by atoms with Crippen LogP contribution in [0.5, 0.6) is 0 Å². The number of aryl methyl sites for hydroxylation is 1. The van der Waals surface area contributed by atoms with Gasteiger partial charge in [-0.1, -0.05) is 29.8 Å². The highest BCUT2D eigenvalue weighted by molar-refractivity contribution is 7.92. The molecule has 2 rings (SSSR count). The van der Waals surface area contributed by atoms with Crippen LogP contribution in [-0.4, -0.2) is 13.5 Å².